The van der Waals surface area contributed by atoms with Crippen LogP contribution >= 0.6 is 0 Å². The molecule has 0 saturated heterocycles. The molecule has 228 valence electrons. The Morgan fingerprint density at radius 1 is 0.532 bits per heavy atom. The van der Waals surface area contributed by atoms with E-state index in [1.807, 2.05) is 12.2 Å². The van der Waals surface area contributed by atoms with Gasteiger partial charge in [0, 0.05) is 0 Å². The summed E-state index contributed by atoms with van der Waals surface area (Å²) >= 11 is -0.679. The molecule has 0 nitrogen and oxygen atoms in total. The summed E-state index contributed by atoms with van der Waals surface area (Å²) in [5, 5.41) is 5.46. The molecule has 0 aliphatic heterocycles. The molecule has 0 fully saturated rings. The van der Waals surface area contributed by atoms with Crippen LogP contribution in [-0.4, -0.2) is 7.42 Å². The molecule has 0 saturated carbocycles. The van der Waals surface area contributed by atoms with E-state index in [0.717, 1.165) is 6.42 Å². The number of aryl methyl sites for hydroxylation is 2. The molecule has 0 radical (unpaired) electrons. The first-order valence-electron chi connectivity index (χ1n) is 16.1. The number of hydrogen-bond donors (Lipinski definition) is 0. The van der Waals surface area contributed by atoms with Crippen LogP contribution < -0.4 is 0 Å². The van der Waals surface area contributed by atoms with E-state index in [0.29, 0.717) is 0 Å². The average Bonchev–Trinajstić information content (AvgIpc) is 3.82. The molecule has 0 spiro atoms. The quantitative estimate of drug-likeness (QED) is 0.162. The van der Waals surface area contributed by atoms with Crippen molar-refractivity contribution in [2.24, 2.45) is 0 Å². The summed E-state index contributed by atoms with van der Waals surface area (Å²) < 4.78 is 4.87. The molecular formula is C46H38Zr-2. The van der Waals surface area contributed by atoms with E-state index in [2.05, 4.69) is 185 Å². The summed E-state index contributed by atoms with van der Waals surface area (Å²) in [5.74, 6) is 0. The van der Waals surface area contributed by atoms with Crippen LogP contribution in [0.2, 0.25) is 0 Å². The van der Waals surface area contributed by atoms with E-state index in [9.17, 15) is 0 Å². The second-order valence-corrected chi connectivity index (χ2v) is 14.0. The maximum atomic E-state index is 2.99. The van der Waals surface area contributed by atoms with Gasteiger partial charge in [0.1, 0.15) is 0 Å². The van der Waals surface area contributed by atoms with Crippen molar-refractivity contribution in [2.75, 3.05) is 0 Å². The van der Waals surface area contributed by atoms with E-state index < -0.39 is 22.3 Å². The summed E-state index contributed by atoms with van der Waals surface area (Å²) in [6.07, 6.45) is 10.0. The van der Waals surface area contributed by atoms with Crippen LogP contribution in [0, 0.1) is 19.9 Å². The first kappa shape index (κ1) is 32.2. The molecule has 8 rings (SSSR count). The first-order chi connectivity index (χ1) is 23.1. The van der Waals surface area contributed by atoms with E-state index in [-0.39, 0.29) is 0 Å². The first-order valence-corrected chi connectivity index (χ1v) is 19.0. The Labute approximate surface area is 290 Å². The van der Waals surface area contributed by atoms with Gasteiger partial charge in [0.05, 0.1) is 0 Å². The summed E-state index contributed by atoms with van der Waals surface area (Å²) in [5.41, 5.74) is 10.4. The Morgan fingerprint density at radius 3 is 1.36 bits per heavy atom. The Hall–Kier alpha value is -4.71. The van der Waals surface area contributed by atoms with Gasteiger partial charge in [-0.3, -0.25) is 6.08 Å². The van der Waals surface area contributed by atoms with Gasteiger partial charge in [0.25, 0.3) is 0 Å². The van der Waals surface area contributed by atoms with Crippen LogP contribution in [0.25, 0.3) is 43.8 Å². The fourth-order valence-electron chi connectivity index (χ4n) is 5.64. The Kier molecular flexibility index (Phi) is 11.1. The van der Waals surface area contributed by atoms with Gasteiger partial charge in [-0.25, -0.2) is 12.2 Å². The van der Waals surface area contributed by atoms with Gasteiger partial charge in [0.2, 0.25) is 0 Å². The van der Waals surface area contributed by atoms with Gasteiger partial charge >= 0.3 is 172 Å². The zero-order valence-corrected chi connectivity index (χ0v) is 29.5. The molecule has 0 unspecified atom stereocenters. The molecular weight excluding hydrogens is 644 g/mol. The Morgan fingerprint density at radius 2 is 0.979 bits per heavy atom. The zero-order valence-electron chi connectivity index (χ0n) is 27.0. The van der Waals surface area contributed by atoms with Gasteiger partial charge in [-0.15, -0.1) is 46.2 Å². The molecule has 1 aliphatic rings. The minimum absolute atomic E-state index is 0.679. The third-order valence-electron chi connectivity index (χ3n) is 8.14. The third-order valence-corrected chi connectivity index (χ3v) is 10.6. The molecule has 7 aromatic carbocycles. The van der Waals surface area contributed by atoms with Crippen LogP contribution in [0.15, 0.2) is 170 Å². The number of allylic oxidation sites excluding steroid dienone is 4. The molecule has 1 aliphatic carbocycles. The van der Waals surface area contributed by atoms with E-state index >= 15 is 0 Å². The molecule has 7 aromatic rings. The molecule has 0 heterocycles. The van der Waals surface area contributed by atoms with Gasteiger partial charge in [-0.1, -0.05) is 35.4 Å². The standard InChI is InChI=1S/C15H13.2C13H10.C5H5.Zr/c1-10-3-5-14-12(7-10)9-13-8-11(2)4-6-15(13)14;2*1-11-7-9-13(10-8-11)12-5-3-2-4-6-12;1-2-4-5-3-1;/h3-9H,1-2H3;2*1-10H;1-3H,4H2;/q-1;;;-1;. The van der Waals surface area contributed by atoms with Crippen molar-refractivity contribution in [1.82, 2.24) is 0 Å². The predicted octanol–water partition coefficient (Wildman–Crippen LogP) is 11.7. The van der Waals surface area contributed by atoms with Crippen LogP contribution in [0.4, 0.5) is 0 Å². The molecule has 0 aromatic heterocycles. The van der Waals surface area contributed by atoms with E-state index in [1.165, 1.54) is 66.1 Å². The second kappa shape index (κ2) is 16.2. The average molecular weight is 682 g/mol. The SMILES string of the molecule is Cc1ccc2c(c1)[cH-]c1cc(C)ccc12.[C-]1=CC=CC1.[CH](=[Zr]=[CH]c1ccc(-c2ccccc2)cc1)c1ccc(-c2ccccc2)cc1. The summed E-state index contributed by atoms with van der Waals surface area (Å²) in [4.78, 5) is 0. The predicted molar refractivity (Wildman–Crippen MR) is 202 cm³/mol. The van der Waals surface area contributed by atoms with Crippen LogP contribution in [0.3, 0.4) is 0 Å². The molecule has 0 N–H and O–H groups in total. The van der Waals surface area contributed by atoms with Gasteiger partial charge < -0.3 is 0 Å². The third kappa shape index (κ3) is 8.97. The number of hydrogen-bond acceptors (Lipinski definition) is 0. The van der Waals surface area contributed by atoms with Crippen molar-refractivity contribution in [3.05, 3.63) is 198 Å². The van der Waals surface area contributed by atoms with E-state index in [4.69, 9.17) is 0 Å². The zero-order chi connectivity index (χ0) is 32.3. The van der Waals surface area contributed by atoms with Gasteiger partial charge in [0.15, 0.2) is 0 Å². The minimum atomic E-state index is -0.679. The summed E-state index contributed by atoms with van der Waals surface area (Å²) in [7, 11) is 0. The van der Waals surface area contributed by atoms with Crippen molar-refractivity contribution in [3.8, 4) is 22.3 Å². The Bertz CT molecular complexity index is 2020. The van der Waals surface area contributed by atoms with Crippen molar-refractivity contribution in [3.63, 3.8) is 0 Å². The van der Waals surface area contributed by atoms with Crippen molar-refractivity contribution in [1.29, 1.82) is 0 Å². The normalized spacial score (nSPS) is 11.3. The summed E-state index contributed by atoms with van der Waals surface area (Å²) in [6, 6.07) is 54.5. The molecule has 1 heteroatoms. The number of fused-ring (bicyclic) bond motifs is 3. The van der Waals surface area contributed by atoms with Crippen molar-refractivity contribution >= 4 is 29.0 Å². The molecule has 47 heavy (non-hydrogen) atoms. The van der Waals surface area contributed by atoms with E-state index in [1.54, 1.807) is 0 Å². The van der Waals surface area contributed by atoms with Gasteiger partial charge in [-0.05, 0) is 13.8 Å². The van der Waals surface area contributed by atoms with Crippen molar-refractivity contribution in [2.45, 2.75) is 20.3 Å². The van der Waals surface area contributed by atoms with Crippen LogP contribution in [0.1, 0.15) is 28.7 Å². The number of rotatable bonds is 4. The fraction of sp³-hybridized carbons (Fsp3) is 0.0652. The van der Waals surface area contributed by atoms with Crippen molar-refractivity contribution < 1.29 is 22.3 Å². The topological polar surface area (TPSA) is 0 Å². The van der Waals surface area contributed by atoms with Gasteiger partial charge in [-0.2, -0.15) is 6.08 Å². The maximum absolute atomic E-state index is 2.99. The fourth-order valence-corrected chi connectivity index (χ4v) is 7.74. The van der Waals surface area contributed by atoms with Crippen LogP contribution in [0.5, 0.6) is 0 Å². The van der Waals surface area contributed by atoms with Crippen LogP contribution in [-0.2, 0) is 22.3 Å². The second-order valence-electron chi connectivity index (χ2n) is 11.8. The number of benzene rings is 6. The summed E-state index contributed by atoms with van der Waals surface area (Å²) in [6.45, 7) is 4.28. The molecule has 0 amide bonds. The Balaban J connectivity index is 0.000000160. The molecule has 0 bridgehead atoms. The monoisotopic (exact) mass is 680 g/mol. The molecule has 0 atom stereocenters.